The van der Waals surface area contributed by atoms with Crippen molar-refractivity contribution < 1.29 is 23.2 Å². The number of fused-ring (bicyclic) bond motifs is 5. The highest BCUT2D eigenvalue weighted by Gasteiger charge is 2.24. The molecular weight excluding hydrogens is 653 g/mol. The van der Waals surface area contributed by atoms with Crippen LogP contribution in [-0.2, 0) is 38.7 Å². The zero-order valence-corrected chi connectivity index (χ0v) is 29.3. The number of nitrogens with zero attached hydrogens (tertiary/aromatic N) is 1. The topological polar surface area (TPSA) is 118 Å². The average molecular weight is 693 g/mol. The summed E-state index contributed by atoms with van der Waals surface area (Å²) in [6.07, 6.45) is 11.4. The van der Waals surface area contributed by atoms with Gasteiger partial charge in [-0.1, -0.05) is 86.7 Å². The quantitative estimate of drug-likeness (QED) is 0.150. The van der Waals surface area contributed by atoms with Gasteiger partial charge in [0.25, 0.3) is 5.91 Å². The average Bonchev–Trinajstić information content (AvgIpc) is 3.59. The Bertz CT molecular complexity index is 2110. The summed E-state index contributed by atoms with van der Waals surface area (Å²) in [6.45, 7) is 3.95. The SMILES string of the molecule is CC(C)CC(=O)N(O)c1cccc(-c2ccc(C3=Cc4ccc5c(c4CC3)CCc3ccccc3-5)s2)c1.NC(=O)CC1C=CC=CS1(=O)=O. The summed E-state index contributed by atoms with van der Waals surface area (Å²) in [5.41, 5.74) is 16.5. The van der Waals surface area contributed by atoms with E-state index < -0.39 is 21.0 Å². The standard InChI is InChI=1S/C33H31NO2S.C7H9NO3S/c1-21(2)18-33(35)34(36)26-8-5-7-24(20-26)31-16-17-32(37-31)25-12-13-28-23(19-25)11-15-29-27-9-4-3-6-22(27)10-14-30(28)29;8-7(9)5-6-3-1-2-4-12(6,10)11/h3-9,11,15-17,19-21,36H,10,12-14,18H2,1-2H3;1-4,6H,5H2,(H2,8,9). The molecule has 9 heteroatoms. The minimum absolute atomic E-state index is 0.150. The van der Waals surface area contributed by atoms with Crippen LogP contribution in [0.1, 0.15) is 60.2 Å². The van der Waals surface area contributed by atoms with Crippen molar-refractivity contribution in [1.29, 1.82) is 0 Å². The Balaban J connectivity index is 0.000000295. The van der Waals surface area contributed by atoms with Gasteiger partial charge in [-0.05, 0) is 100 Å². The first-order valence-electron chi connectivity index (χ1n) is 16.5. The molecule has 3 aromatic carbocycles. The number of allylic oxidation sites excluding steroid dienone is 3. The van der Waals surface area contributed by atoms with Gasteiger partial charge in [0, 0.05) is 28.0 Å². The molecule has 1 atom stereocenters. The number of benzene rings is 3. The van der Waals surface area contributed by atoms with Gasteiger partial charge in [-0.15, -0.1) is 11.3 Å². The molecule has 4 aromatic rings. The Morgan fingerprint density at radius 3 is 2.45 bits per heavy atom. The van der Waals surface area contributed by atoms with Crippen LogP contribution in [0, 0.1) is 5.92 Å². The summed E-state index contributed by atoms with van der Waals surface area (Å²) in [4.78, 5) is 25.2. The minimum atomic E-state index is -3.29. The van der Waals surface area contributed by atoms with Crippen LogP contribution in [0.4, 0.5) is 5.69 Å². The maximum Gasteiger partial charge on any atom is 0.250 e. The third kappa shape index (κ3) is 7.69. The highest BCUT2D eigenvalue weighted by atomic mass is 32.2. The smallest absolute Gasteiger partial charge is 0.250 e. The van der Waals surface area contributed by atoms with Crippen molar-refractivity contribution >= 4 is 50.3 Å². The second-order valence-electron chi connectivity index (χ2n) is 13.0. The predicted octanol–water partition coefficient (Wildman–Crippen LogP) is 8.16. The van der Waals surface area contributed by atoms with Crippen LogP contribution in [0.15, 0.2) is 96.4 Å². The lowest BCUT2D eigenvalue weighted by atomic mass is 9.78. The van der Waals surface area contributed by atoms with Gasteiger partial charge in [0.2, 0.25) is 5.91 Å². The summed E-state index contributed by atoms with van der Waals surface area (Å²) >= 11 is 1.77. The van der Waals surface area contributed by atoms with Crippen LogP contribution in [-0.4, -0.2) is 30.7 Å². The number of rotatable bonds is 7. The fourth-order valence-electron chi connectivity index (χ4n) is 6.63. The molecule has 2 aliphatic carbocycles. The minimum Gasteiger partial charge on any atom is -0.370 e. The molecule has 3 aliphatic rings. The van der Waals surface area contributed by atoms with Crippen molar-refractivity contribution in [2.45, 2.75) is 57.6 Å². The first-order valence-corrected chi connectivity index (χ1v) is 19.0. The molecule has 252 valence electrons. The number of carbonyl (C=O) groups is 2. The van der Waals surface area contributed by atoms with Gasteiger partial charge < -0.3 is 5.73 Å². The van der Waals surface area contributed by atoms with Crippen LogP contribution < -0.4 is 10.8 Å². The van der Waals surface area contributed by atoms with Gasteiger partial charge in [0.05, 0.1) is 10.9 Å². The molecule has 0 saturated carbocycles. The van der Waals surface area contributed by atoms with E-state index in [1.165, 1.54) is 56.0 Å². The summed E-state index contributed by atoms with van der Waals surface area (Å²) in [5, 5.41) is 11.5. The second kappa shape index (κ2) is 14.5. The lowest BCUT2D eigenvalue weighted by Crippen LogP contribution is -2.27. The van der Waals surface area contributed by atoms with Gasteiger partial charge in [0.1, 0.15) is 0 Å². The summed E-state index contributed by atoms with van der Waals surface area (Å²) in [7, 11) is -3.29. The summed E-state index contributed by atoms with van der Waals surface area (Å²) in [5.74, 6) is -0.695. The fraction of sp³-hybridized carbons (Fsp3) is 0.250. The Kier molecular flexibility index (Phi) is 10.2. The van der Waals surface area contributed by atoms with E-state index in [9.17, 15) is 23.2 Å². The highest BCUT2D eigenvalue weighted by Crippen LogP contribution is 2.42. The first-order chi connectivity index (χ1) is 23.5. The van der Waals surface area contributed by atoms with Gasteiger partial charge >= 0.3 is 0 Å². The normalized spacial score (nSPS) is 16.8. The van der Waals surface area contributed by atoms with Gasteiger partial charge in [-0.3, -0.25) is 14.8 Å². The zero-order chi connectivity index (χ0) is 34.7. The number of carbonyl (C=O) groups excluding carboxylic acids is 2. The molecule has 1 aliphatic heterocycles. The predicted molar refractivity (Wildman–Crippen MR) is 199 cm³/mol. The van der Waals surface area contributed by atoms with Gasteiger partial charge in [-0.25, -0.2) is 8.42 Å². The van der Waals surface area contributed by atoms with Crippen LogP contribution >= 0.6 is 11.3 Å². The number of hydroxylamine groups is 1. The third-order valence-corrected chi connectivity index (χ3v) is 12.0. The van der Waals surface area contributed by atoms with E-state index in [0.717, 1.165) is 46.6 Å². The number of amides is 2. The van der Waals surface area contributed by atoms with E-state index in [1.807, 2.05) is 32.0 Å². The third-order valence-electron chi connectivity index (χ3n) is 9.04. The van der Waals surface area contributed by atoms with Gasteiger partial charge in [0.15, 0.2) is 9.84 Å². The molecule has 2 amide bonds. The van der Waals surface area contributed by atoms with Crippen molar-refractivity contribution in [2.24, 2.45) is 11.7 Å². The van der Waals surface area contributed by atoms with Crippen molar-refractivity contribution in [3.63, 3.8) is 0 Å². The number of hydrogen-bond acceptors (Lipinski definition) is 6. The number of anilines is 1. The van der Waals surface area contributed by atoms with Crippen molar-refractivity contribution in [2.75, 3.05) is 5.06 Å². The van der Waals surface area contributed by atoms with E-state index in [0.29, 0.717) is 12.1 Å². The Morgan fingerprint density at radius 1 is 0.898 bits per heavy atom. The van der Waals surface area contributed by atoms with Crippen LogP contribution in [0.3, 0.4) is 0 Å². The first kappa shape index (κ1) is 34.3. The molecule has 2 heterocycles. The molecule has 0 bridgehead atoms. The number of primary amides is 1. The largest absolute Gasteiger partial charge is 0.370 e. The Hall–Kier alpha value is -4.57. The molecule has 0 saturated heterocycles. The molecule has 0 fully saturated rings. The number of hydrogen-bond donors (Lipinski definition) is 2. The molecule has 3 N–H and O–H groups in total. The van der Waals surface area contributed by atoms with E-state index in [4.69, 9.17) is 5.73 Å². The lowest BCUT2D eigenvalue weighted by Gasteiger charge is -2.26. The van der Waals surface area contributed by atoms with E-state index in [-0.39, 0.29) is 18.2 Å². The molecule has 1 unspecified atom stereocenters. The number of sulfone groups is 1. The highest BCUT2D eigenvalue weighted by molar-refractivity contribution is 7.95. The van der Waals surface area contributed by atoms with E-state index in [1.54, 1.807) is 23.5 Å². The molecule has 0 spiro atoms. The van der Waals surface area contributed by atoms with E-state index >= 15 is 0 Å². The van der Waals surface area contributed by atoms with Crippen molar-refractivity contribution in [1.82, 2.24) is 0 Å². The van der Waals surface area contributed by atoms with Gasteiger partial charge in [-0.2, -0.15) is 5.06 Å². The maximum absolute atomic E-state index is 12.3. The number of thiophene rings is 1. The molecule has 7 rings (SSSR count). The van der Waals surface area contributed by atoms with Crippen molar-refractivity contribution in [3.8, 4) is 21.6 Å². The summed E-state index contributed by atoms with van der Waals surface area (Å²) < 4.78 is 22.3. The maximum atomic E-state index is 12.3. The molecule has 49 heavy (non-hydrogen) atoms. The Morgan fingerprint density at radius 2 is 1.67 bits per heavy atom. The molecule has 0 radical (unpaired) electrons. The molecule has 1 aromatic heterocycles. The number of aryl methyl sites for hydroxylation is 1. The number of nitrogens with two attached hydrogens (primary N) is 1. The second-order valence-corrected chi connectivity index (χ2v) is 16.2. The molecule has 7 nitrogen and oxygen atoms in total. The van der Waals surface area contributed by atoms with E-state index in [2.05, 4.69) is 54.6 Å². The molecular formula is C40H40N2O5S2. The lowest BCUT2D eigenvalue weighted by molar-refractivity contribution is -0.124. The van der Waals surface area contributed by atoms with Crippen molar-refractivity contribution in [3.05, 3.63) is 124 Å². The van der Waals surface area contributed by atoms with Crippen LogP contribution in [0.5, 0.6) is 0 Å². The van der Waals surface area contributed by atoms with Crippen LogP contribution in [0.25, 0.3) is 33.2 Å². The zero-order valence-electron chi connectivity index (χ0n) is 27.6. The fourth-order valence-corrected chi connectivity index (χ4v) is 8.89. The monoisotopic (exact) mass is 692 g/mol. The Labute approximate surface area is 292 Å². The summed E-state index contributed by atoms with van der Waals surface area (Å²) in [6, 6.07) is 25.4. The van der Waals surface area contributed by atoms with Crippen LogP contribution in [0.2, 0.25) is 0 Å².